The van der Waals surface area contributed by atoms with Crippen LogP contribution in [0.25, 0.3) is 16.2 Å². The van der Waals surface area contributed by atoms with Crippen LogP contribution in [0.2, 0.25) is 0 Å². The van der Waals surface area contributed by atoms with Crippen molar-refractivity contribution in [1.29, 1.82) is 0 Å². The van der Waals surface area contributed by atoms with Crippen molar-refractivity contribution in [2.75, 3.05) is 0 Å². The van der Waals surface area contributed by atoms with Gasteiger partial charge in [-0.1, -0.05) is 17.4 Å². The lowest BCUT2D eigenvalue weighted by Gasteiger charge is -1.98. The lowest BCUT2D eigenvalue weighted by atomic mass is 10.1. The molecule has 3 aromatic rings. The summed E-state index contributed by atoms with van der Waals surface area (Å²) in [5.41, 5.74) is 0.543. The number of imidazole rings is 1. The van der Waals surface area contributed by atoms with E-state index in [4.69, 9.17) is 0 Å². The van der Waals surface area contributed by atoms with Crippen molar-refractivity contribution >= 4 is 16.3 Å². The smallest absolute Gasteiger partial charge is 0.212 e. The Kier molecular flexibility index (Phi) is 2.19. The lowest BCUT2D eigenvalue weighted by Crippen LogP contribution is -1.89. The van der Waals surface area contributed by atoms with Crippen LogP contribution in [0.3, 0.4) is 0 Å². The van der Waals surface area contributed by atoms with Gasteiger partial charge in [0.1, 0.15) is 5.01 Å². The molecule has 1 aromatic carbocycles. The number of aromatic nitrogens is 3. The molecule has 17 heavy (non-hydrogen) atoms. The normalized spacial score (nSPS) is 11.2. The van der Waals surface area contributed by atoms with Gasteiger partial charge in [0, 0.05) is 5.56 Å². The fourth-order valence-corrected chi connectivity index (χ4v) is 2.36. The molecule has 0 N–H and O–H groups in total. The molecule has 0 aliphatic heterocycles. The number of benzene rings is 1. The molecule has 0 saturated heterocycles. The summed E-state index contributed by atoms with van der Waals surface area (Å²) in [6.45, 7) is 1.86. The number of fused-ring (bicyclic) bond motifs is 1. The number of hydrogen-bond donors (Lipinski definition) is 0. The third-order valence-corrected chi connectivity index (χ3v) is 3.21. The Balaban J connectivity index is 2.20. The first-order valence-corrected chi connectivity index (χ1v) is 5.74. The summed E-state index contributed by atoms with van der Waals surface area (Å²) in [5, 5.41) is 5.04. The van der Waals surface area contributed by atoms with Gasteiger partial charge in [-0.05, 0) is 19.1 Å². The highest BCUT2D eigenvalue weighted by Crippen LogP contribution is 2.25. The Hall–Kier alpha value is -1.82. The molecular weight excluding hydrogens is 244 g/mol. The fourth-order valence-electron chi connectivity index (χ4n) is 1.63. The van der Waals surface area contributed by atoms with Crippen molar-refractivity contribution in [3.8, 4) is 11.3 Å². The molecule has 86 valence electrons. The molecular formula is C11H7F2N3S. The summed E-state index contributed by atoms with van der Waals surface area (Å²) >= 11 is 1.40. The van der Waals surface area contributed by atoms with E-state index in [0.717, 1.165) is 11.1 Å². The first-order chi connectivity index (χ1) is 8.15. The van der Waals surface area contributed by atoms with E-state index in [9.17, 15) is 8.78 Å². The van der Waals surface area contributed by atoms with Crippen molar-refractivity contribution in [3.05, 3.63) is 41.0 Å². The zero-order valence-corrected chi connectivity index (χ0v) is 9.63. The van der Waals surface area contributed by atoms with Gasteiger partial charge < -0.3 is 0 Å². The third kappa shape index (κ3) is 1.61. The first kappa shape index (κ1) is 10.3. The summed E-state index contributed by atoms with van der Waals surface area (Å²) in [7, 11) is 0. The highest BCUT2D eigenvalue weighted by molar-refractivity contribution is 7.16. The third-order valence-electron chi connectivity index (χ3n) is 2.37. The van der Waals surface area contributed by atoms with Gasteiger partial charge in [0.05, 0.1) is 11.9 Å². The molecule has 3 rings (SSSR count). The summed E-state index contributed by atoms with van der Waals surface area (Å²) in [6.07, 6.45) is 1.59. The molecule has 0 aliphatic carbocycles. The highest BCUT2D eigenvalue weighted by Gasteiger charge is 2.14. The van der Waals surface area contributed by atoms with E-state index >= 15 is 0 Å². The quantitative estimate of drug-likeness (QED) is 0.665. The van der Waals surface area contributed by atoms with E-state index in [2.05, 4.69) is 10.1 Å². The average Bonchev–Trinajstić information content (AvgIpc) is 2.79. The summed E-state index contributed by atoms with van der Waals surface area (Å²) in [5.74, 6) is -1.75. The maximum atomic E-state index is 13.6. The monoisotopic (exact) mass is 251 g/mol. The number of halogens is 2. The predicted molar refractivity (Wildman–Crippen MR) is 61.0 cm³/mol. The average molecular weight is 251 g/mol. The van der Waals surface area contributed by atoms with Crippen molar-refractivity contribution in [1.82, 2.24) is 14.6 Å². The Morgan fingerprint density at radius 3 is 2.88 bits per heavy atom. The van der Waals surface area contributed by atoms with E-state index in [1.807, 2.05) is 6.92 Å². The first-order valence-electron chi connectivity index (χ1n) is 4.92. The predicted octanol–water partition coefficient (Wildman–Crippen LogP) is 3.04. The highest BCUT2D eigenvalue weighted by atomic mass is 32.1. The van der Waals surface area contributed by atoms with Crippen LogP contribution in [0.4, 0.5) is 8.78 Å². The molecule has 0 unspecified atom stereocenters. The van der Waals surface area contributed by atoms with Crippen molar-refractivity contribution in [2.45, 2.75) is 6.92 Å². The Labute approximate surface area is 99.4 Å². The topological polar surface area (TPSA) is 30.2 Å². The SMILES string of the molecule is Cc1nn2cc(-c3cccc(F)c3F)nc2s1. The number of rotatable bonds is 1. The van der Waals surface area contributed by atoms with Crippen molar-refractivity contribution < 1.29 is 8.78 Å². The van der Waals surface area contributed by atoms with Crippen LogP contribution in [0.15, 0.2) is 24.4 Å². The second kappa shape index (κ2) is 3.59. The molecule has 0 atom stereocenters. The van der Waals surface area contributed by atoms with Gasteiger partial charge in [-0.2, -0.15) is 5.10 Å². The second-order valence-electron chi connectivity index (χ2n) is 3.58. The number of hydrogen-bond acceptors (Lipinski definition) is 3. The molecule has 0 fully saturated rings. The zero-order valence-electron chi connectivity index (χ0n) is 8.82. The minimum atomic E-state index is -0.880. The molecule has 2 heterocycles. The standard InChI is InChI=1S/C11H7F2N3S/c1-6-15-16-5-9(14-11(16)17-6)7-3-2-4-8(12)10(7)13/h2-5H,1H3. The van der Waals surface area contributed by atoms with Crippen LogP contribution in [0.1, 0.15) is 5.01 Å². The van der Waals surface area contributed by atoms with Gasteiger partial charge in [0.25, 0.3) is 0 Å². The minimum Gasteiger partial charge on any atom is -0.217 e. The van der Waals surface area contributed by atoms with Crippen LogP contribution >= 0.6 is 11.3 Å². The van der Waals surface area contributed by atoms with Crippen LogP contribution in [-0.2, 0) is 0 Å². The van der Waals surface area contributed by atoms with Gasteiger partial charge in [0.2, 0.25) is 4.96 Å². The molecule has 6 heteroatoms. The summed E-state index contributed by atoms with van der Waals surface area (Å²) in [6, 6.07) is 4.04. The molecule has 0 spiro atoms. The molecule has 3 nitrogen and oxygen atoms in total. The van der Waals surface area contributed by atoms with Crippen LogP contribution in [0.5, 0.6) is 0 Å². The van der Waals surface area contributed by atoms with Gasteiger partial charge in [0.15, 0.2) is 11.6 Å². The van der Waals surface area contributed by atoms with Gasteiger partial charge in [-0.3, -0.25) is 0 Å². The van der Waals surface area contributed by atoms with E-state index in [-0.39, 0.29) is 5.56 Å². The second-order valence-corrected chi connectivity index (χ2v) is 4.74. The number of aryl methyl sites for hydroxylation is 1. The molecule has 0 amide bonds. The molecule has 2 aromatic heterocycles. The fraction of sp³-hybridized carbons (Fsp3) is 0.0909. The van der Waals surface area contributed by atoms with Gasteiger partial charge in [-0.25, -0.2) is 18.3 Å². The van der Waals surface area contributed by atoms with Gasteiger partial charge >= 0.3 is 0 Å². The van der Waals surface area contributed by atoms with E-state index in [1.165, 1.54) is 23.5 Å². The maximum Gasteiger partial charge on any atom is 0.212 e. The van der Waals surface area contributed by atoms with Crippen LogP contribution < -0.4 is 0 Å². The summed E-state index contributed by atoms with van der Waals surface area (Å²) < 4.78 is 28.2. The van der Waals surface area contributed by atoms with Crippen LogP contribution in [-0.4, -0.2) is 14.6 Å². The Morgan fingerprint density at radius 2 is 2.12 bits per heavy atom. The summed E-state index contributed by atoms with van der Waals surface area (Å²) in [4.78, 5) is 4.89. The van der Waals surface area contributed by atoms with Crippen molar-refractivity contribution in [3.63, 3.8) is 0 Å². The van der Waals surface area contributed by atoms with E-state index in [0.29, 0.717) is 10.7 Å². The maximum absolute atomic E-state index is 13.6. The van der Waals surface area contributed by atoms with Crippen LogP contribution in [0, 0.1) is 18.6 Å². The molecule has 0 radical (unpaired) electrons. The molecule has 0 saturated carbocycles. The largest absolute Gasteiger partial charge is 0.217 e. The van der Waals surface area contributed by atoms with Crippen molar-refractivity contribution in [2.24, 2.45) is 0 Å². The number of nitrogens with zero attached hydrogens (tertiary/aromatic N) is 3. The molecule has 0 aliphatic rings. The zero-order chi connectivity index (χ0) is 12.0. The Morgan fingerprint density at radius 1 is 1.29 bits per heavy atom. The Bertz CT molecular complexity index is 670. The van der Waals surface area contributed by atoms with E-state index in [1.54, 1.807) is 10.7 Å². The van der Waals surface area contributed by atoms with Gasteiger partial charge in [-0.15, -0.1) is 0 Å². The minimum absolute atomic E-state index is 0.153. The van der Waals surface area contributed by atoms with E-state index < -0.39 is 11.6 Å². The lowest BCUT2D eigenvalue weighted by molar-refractivity contribution is 0.511. The molecule has 0 bridgehead atoms.